The molecule has 1 aromatic heterocycles. The van der Waals surface area contributed by atoms with Gasteiger partial charge in [0.1, 0.15) is 5.60 Å². The standard InChI is InChI=1S/C14H25N5O2/c1-6-19(13(20)21-14(2,3)4)11-10-17-18(5)12-15-8-7-9-16-12/h7-9,17H,6,10-11H2,1-5H3. The maximum absolute atomic E-state index is 12.0. The van der Waals surface area contributed by atoms with Crippen LogP contribution in [0.3, 0.4) is 0 Å². The molecule has 0 bridgehead atoms. The monoisotopic (exact) mass is 295 g/mol. The largest absolute Gasteiger partial charge is 0.444 e. The van der Waals surface area contributed by atoms with E-state index in [1.54, 1.807) is 28.4 Å². The van der Waals surface area contributed by atoms with Gasteiger partial charge in [-0.05, 0) is 33.8 Å². The topological polar surface area (TPSA) is 70.6 Å². The summed E-state index contributed by atoms with van der Waals surface area (Å²) >= 11 is 0. The number of carbonyl (C=O) groups excluding carboxylic acids is 1. The fourth-order valence-electron chi connectivity index (χ4n) is 1.59. The molecule has 21 heavy (non-hydrogen) atoms. The third-order valence-electron chi connectivity index (χ3n) is 2.62. The van der Waals surface area contributed by atoms with E-state index in [1.807, 2.05) is 34.7 Å². The molecule has 1 aromatic rings. The van der Waals surface area contributed by atoms with Crippen LogP contribution in [-0.4, -0.2) is 53.2 Å². The van der Waals surface area contributed by atoms with E-state index in [0.29, 0.717) is 25.6 Å². The lowest BCUT2D eigenvalue weighted by atomic mass is 10.2. The number of hydrogen-bond acceptors (Lipinski definition) is 6. The summed E-state index contributed by atoms with van der Waals surface area (Å²) < 4.78 is 5.35. The molecule has 7 heteroatoms. The summed E-state index contributed by atoms with van der Waals surface area (Å²) in [5, 5.41) is 1.73. The number of rotatable bonds is 6. The SMILES string of the molecule is CCN(CCNN(C)c1ncccn1)C(=O)OC(C)(C)C. The maximum Gasteiger partial charge on any atom is 0.410 e. The third kappa shape index (κ3) is 6.40. The Morgan fingerprint density at radius 1 is 1.33 bits per heavy atom. The predicted octanol–water partition coefficient (Wildman–Crippen LogP) is 1.67. The van der Waals surface area contributed by atoms with Crippen molar-refractivity contribution in [2.75, 3.05) is 31.7 Å². The molecule has 0 aliphatic rings. The zero-order valence-corrected chi connectivity index (χ0v) is 13.5. The highest BCUT2D eigenvalue weighted by atomic mass is 16.6. The molecule has 7 nitrogen and oxygen atoms in total. The Labute approximate surface area is 126 Å². The van der Waals surface area contributed by atoms with Crippen LogP contribution in [0, 0.1) is 0 Å². The van der Waals surface area contributed by atoms with Gasteiger partial charge in [-0.25, -0.2) is 20.2 Å². The molecule has 1 heterocycles. The molecule has 0 aliphatic carbocycles. The summed E-state index contributed by atoms with van der Waals surface area (Å²) in [6.45, 7) is 9.23. The van der Waals surface area contributed by atoms with Crippen molar-refractivity contribution in [3.63, 3.8) is 0 Å². The molecule has 0 saturated carbocycles. The van der Waals surface area contributed by atoms with Crippen molar-refractivity contribution >= 4 is 12.0 Å². The van der Waals surface area contributed by atoms with Crippen molar-refractivity contribution in [2.24, 2.45) is 0 Å². The van der Waals surface area contributed by atoms with Crippen molar-refractivity contribution in [3.8, 4) is 0 Å². The van der Waals surface area contributed by atoms with Crippen molar-refractivity contribution in [2.45, 2.75) is 33.3 Å². The van der Waals surface area contributed by atoms with E-state index in [9.17, 15) is 4.79 Å². The number of ether oxygens (including phenoxy) is 1. The lowest BCUT2D eigenvalue weighted by molar-refractivity contribution is 0.0262. The smallest absolute Gasteiger partial charge is 0.410 e. The summed E-state index contributed by atoms with van der Waals surface area (Å²) in [5.41, 5.74) is 2.66. The first kappa shape index (κ1) is 17.2. The van der Waals surface area contributed by atoms with Crippen molar-refractivity contribution in [3.05, 3.63) is 18.5 Å². The second-order valence-corrected chi connectivity index (χ2v) is 5.58. The van der Waals surface area contributed by atoms with Crippen LogP contribution in [0.5, 0.6) is 0 Å². The molecule has 1 N–H and O–H groups in total. The van der Waals surface area contributed by atoms with Gasteiger partial charge in [0.25, 0.3) is 0 Å². The number of nitrogens with zero attached hydrogens (tertiary/aromatic N) is 4. The van der Waals surface area contributed by atoms with E-state index in [4.69, 9.17) is 4.74 Å². The Balaban J connectivity index is 2.40. The Kier molecular flexibility index (Phi) is 6.36. The van der Waals surface area contributed by atoms with Crippen LogP contribution in [-0.2, 0) is 4.74 Å². The van der Waals surface area contributed by atoms with Gasteiger partial charge >= 0.3 is 6.09 Å². The molecule has 0 aromatic carbocycles. The molecule has 0 aliphatic heterocycles. The van der Waals surface area contributed by atoms with Crippen LogP contribution < -0.4 is 10.4 Å². The molecule has 1 amide bonds. The zero-order chi connectivity index (χ0) is 15.9. The minimum Gasteiger partial charge on any atom is -0.444 e. The molecular formula is C14H25N5O2. The predicted molar refractivity (Wildman–Crippen MR) is 81.9 cm³/mol. The lowest BCUT2D eigenvalue weighted by Crippen LogP contribution is -2.44. The molecule has 0 spiro atoms. The summed E-state index contributed by atoms with van der Waals surface area (Å²) in [5.74, 6) is 0.581. The molecule has 0 radical (unpaired) electrons. The highest BCUT2D eigenvalue weighted by Gasteiger charge is 2.20. The van der Waals surface area contributed by atoms with E-state index in [2.05, 4.69) is 15.4 Å². The number of amides is 1. The second-order valence-electron chi connectivity index (χ2n) is 5.58. The normalized spacial score (nSPS) is 11.1. The van der Waals surface area contributed by atoms with Crippen LogP contribution in [0.2, 0.25) is 0 Å². The van der Waals surface area contributed by atoms with Crippen molar-refractivity contribution < 1.29 is 9.53 Å². The van der Waals surface area contributed by atoms with Crippen LogP contribution in [0.15, 0.2) is 18.5 Å². The van der Waals surface area contributed by atoms with Gasteiger partial charge in [-0.2, -0.15) is 0 Å². The van der Waals surface area contributed by atoms with Crippen LogP contribution in [0.1, 0.15) is 27.7 Å². The fourth-order valence-corrected chi connectivity index (χ4v) is 1.59. The number of hydrazine groups is 1. The molecular weight excluding hydrogens is 270 g/mol. The van der Waals surface area contributed by atoms with Gasteiger partial charge in [0, 0.05) is 39.1 Å². The molecule has 0 unspecified atom stereocenters. The van der Waals surface area contributed by atoms with Gasteiger partial charge in [0.05, 0.1) is 0 Å². The van der Waals surface area contributed by atoms with Gasteiger partial charge in [-0.15, -0.1) is 0 Å². The molecule has 0 saturated heterocycles. The number of anilines is 1. The van der Waals surface area contributed by atoms with E-state index in [1.165, 1.54) is 0 Å². The van der Waals surface area contributed by atoms with Crippen molar-refractivity contribution in [1.29, 1.82) is 0 Å². The third-order valence-corrected chi connectivity index (χ3v) is 2.62. The number of nitrogens with one attached hydrogen (secondary N) is 1. The molecule has 0 fully saturated rings. The van der Waals surface area contributed by atoms with E-state index < -0.39 is 5.60 Å². The number of hydrogen-bond donors (Lipinski definition) is 1. The molecule has 118 valence electrons. The first-order valence-corrected chi connectivity index (χ1v) is 7.05. The second kappa shape index (κ2) is 7.78. The fraction of sp³-hybridized carbons (Fsp3) is 0.643. The first-order valence-electron chi connectivity index (χ1n) is 7.05. The number of likely N-dealkylation sites (N-methyl/N-ethyl adjacent to an activating group) is 1. The van der Waals surface area contributed by atoms with Gasteiger partial charge in [0.15, 0.2) is 0 Å². The van der Waals surface area contributed by atoms with Gasteiger partial charge in [-0.1, -0.05) is 0 Å². The van der Waals surface area contributed by atoms with Crippen LogP contribution in [0.4, 0.5) is 10.7 Å². The minimum atomic E-state index is -0.480. The molecule has 0 atom stereocenters. The van der Waals surface area contributed by atoms with Gasteiger partial charge in [0.2, 0.25) is 5.95 Å². The highest BCUT2D eigenvalue weighted by Crippen LogP contribution is 2.09. The Morgan fingerprint density at radius 3 is 2.48 bits per heavy atom. The van der Waals surface area contributed by atoms with Crippen LogP contribution >= 0.6 is 0 Å². The average Bonchev–Trinajstić information content (AvgIpc) is 2.42. The van der Waals surface area contributed by atoms with E-state index in [0.717, 1.165) is 0 Å². The first-order chi connectivity index (χ1) is 9.83. The molecule has 1 rings (SSSR count). The zero-order valence-electron chi connectivity index (χ0n) is 13.5. The summed E-state index contributed by atoms with van der Waals surface area (Å²) in [6.07, 6.45) is 3.06. The summed E-state index contributed by atoms with van der Waals surface area (Å²) in [7, 11) is 1.83. The maximum atomic E-state index is 12.0. The number of aromatic nitrogens is 2. The number of carbonyl (C=O) groups is 1. The minimum absolute atomic E-state index is 0.301. The van der Waals surface area contributed by atoms with Gasteiger partial charge < -0.3 is 9.64 Å². The van der Waals surface area contributed by atoms with Crippen molar-refractivity contribution in [1.82, 2.24) is 20.3 Å². The summed E-state index contributed by atoms with van der Waals surface area (Å²) in [6, 6.07) is 1.76. The van der Waals surface area contributed by atoms with E-state index in [-0.39, 0.29) is 6.09 Å². The average molecular weight is 295 g/mol. The Hall–Kier alpha value is -1.89. The van der Waals surface area contributed by atoms with E-state index >= 15 is 0 Å². The highest BCUT2D eigenvalue weighted by molar-refractivity contribution is 5.68. The lowest BCUT2D eigenvalue weighted by Gasteiger charge is -2.27. The van der Waals surface area contributed by atoms with Gasteiger partial charge in [-0.3, -0.25) is 5.01 Å². The summed E-state index contributed by atoms with van der Waals surface area (Å²) in [4.78, 5) is 21.9. The Morgan fingerprint density at radius 2 is 1.95 bits per heavy atom. The Bertz CT molecular complexity index is 433. The quantitative estimate of drug-likeness (QED) is 0.805. The van der Waals surface area contributed by atoms with Crippen LogP contribution in [0.25, 0.3) is 0 Å².